The number of H-pyrrole nitrogens is 1. The summed E-state index contributed by atoms with van der Waals surface area (Å²) in [6.45, 7) is 1.50. The van der Waals surface area contributed by atoms with Crippen LogP contribution in [0.15, 0.2) is 60.3 Å². The van der Waals surface area contributed by atoms with Gasteiger partial charge in [-0.05, 0) is 31.5 Å². The fourth-order valence-electron chi connectivity index (χ4n) is 2.39. The van der Waals surface area contributed by atoms with E-state index in [0.717, 1.165) is 11.3 Å². The number of hydrogen-bond donors (Lipinski definition) is 4. The maximum atomic E-state index is 10.8. The highest BCUT2D eigenvalue weighted by Gasteiger charge is 2.34. The van der Waals surface area contributed by atoms with E-state index in [2.05, 4.69) is 10.2 Å². The molecule has 0 fully saturated rings. The van der Waals surface area contributed by atoms with Crippen molar-refractivity contribution in [2.75, 3.05) is 0 Å². The number of aromatic amines is 1. The summed E-state index contributed by atoms with van der Waals surface area (Å²) in [5.74, 6) is -2.98. The molecule has 1 aromatic carbocycles. The van der Waals surface area contributed by atoms with Crippen LogP contribution in [-0.4, -0.2) is 43.4 Å². The van der Waals surface area contributed by atoms with Crippen LogP contribution in [0.2, 0.25) is 0 Å². The molecule has 0 bridgehead atoms. The number of carbonyl (C=O) groups is 3. The number of hydrogen-bond acceptors (Lipinski definition) is 4. The monoisotopic (exact) mass is 370 g/mol. The minimum absolute atomic E-state index is 0.0359. The smallest absolute Gasteiger partial charge is 0.335 e. The average Bonchev–Trinajstić information content (AvgIpc) is 3.17. The van der Waals surface area contributed by atoms with E-state index in [0.29, 0.717) is 0 Å². The molecule has 1 atom stereocenters. The Balaban J connectivity index is 0.000000194. The lowest BCUT2D eigenvalue weighted by molar-refractivity contribution is -0.145. The Labute approximate surface area is 154 Å². The van der Waals surface area contributed by atoms with Crippen molar-refractivity contribution in [3.63, 3.8) is 0 Å². The predicted octanol–water partition coefficient (Wildman–Crippen LogP) is 2.82. The Morgan fingerprint density at radius 2 is 1.70 bits per heavy atom. The van der Waals surface area contributed by atoms with Crippen LogP contribution < -0.4 is 0 Å². The third-order valence-corrected chi connectivity index (χ3v) is 4.01. The van der Waals surface area contributed by atoms with Crippen molar-refractivity contribution in [2.24, 2.45) is 5.41 Å². The van der Waals surface area contributed by atoms with E-state index >= 15 is 0 Å². The molecule has 0 amide bonds. The summed E-state index contributed by atoms with van der Waals surface area (Å²) in [5.41, 5.74) is 1.04. The van der Waals surface area contributed by atoms with Gasteiger partial charge in [-0.3, -0.25) is 9.89 Å². The van der Waals surface area contributed by atoms with Gasteiger partial charge in [0, 0.05) is 17.3 Å². The van der Waals surface area contributed by atoms with E-state index in [1.807, 2.05) is 6.07 Å². The summed E-state index contributed by atoms with van der Waals surface area (Å²) in [4.78, 5) is 31.9. The SMILES string of the molecule is CC1(C(=O)O)C=CC=C(C(=O)O)C1.O=C(O)c1ccc(-c2cc[nH]n2)cc1. The number of allylic oxidation sites excluding steroid dienone is 2. The van der Waals surface area contributed by atoms with E-state index in [9.17, 15) is 14.4 Å². The average molecular weight is 370 g/mol. The molecular weight excluding hydrogens is 352 g/mol. The van der Waals surface area contributed by atoms with Gasteiger partial charge in [0.15, 0.2) is 0 Å². The molecule has 1 heterocycles. The highest BCUT2D eigenvalue weighted by molar-refractivity contribution is 5.90. The summed E-state index contributed by atoms with van der Waals surface area (Å²) in [6.07, 6.45) is 6.16. The summed E-state index contributed by atoms with van der Waals surface area (Å²) < 4.78 is 0. The second kappa shape index (κ2) is 8.13. The number of nitrogens with zero attached hydrogens (tertiary/aromatic N) is 1. The van der Waals surface area contributed by atoms with Crippen molar-refractivity contribution in [2.45, 2.75) is 13.3 Å². The summed E-state index contributed by atoms with van der Waals surface area (Å²) >= 11 is 0. The molecule has 0 saturated carbocycles. The van der Waals surface area contributed by atoms with Gasteiger partial charge in [-0.25, -0.2) is 9.59 Å². The van der Waals surface area contributed by atoms with Crippen molar-refractivity contribution in [3.05, 3.63) is 65.9 Å². The molecule has 140 valence electrons. The van der Waals surface area contributed by atoms with Crippen LogP contribution in [0.5, 0.6) is 0 Å². The zero-order valence-electron chi connectivity index (χ0n) is 14.4. The number of aromatic nitrogens is 2. The molecule has 1 aliphatic rings. The van der Waals surface area contributed by atoms with Crippen LogP contribution in [0.25, 0.3) is 11.3 Å². The van der Waals surface area contributed by atoms with Crippen LogP contribution in [0.4, 0.5) is 0 Å². The number of aliphatic carboxylic acids is 2. The van der Waals surface area contributed by atoms with Crippen molar-refractivity contribution in [3.8, 4) is 11.3 Å². The van der Waals surface area contributed by atoms with E-state index < -0.39 is 23.3 Å². The number of carboxylic acid groups (broad SMARTS) is 3. The van der Waals surface area contributed by atoms with Crippen LogP contribution in [0.3, 0.4) is 0 Å². The third kappa shape index (κ3) is 4.91. The zero-order valence-corrected chi connectivity index (χ0v) is 14.4. The molecule has 0 aliphatic heterocycles. The lowest BCUT2D eigenvalue weighted by Crippen LogP contribution is -2.28. The Bertz CT molecular complexity index is 897. The van der Waals surface area contributed by atoms with Crippen molar-refractivity contribution in [1.82, 2.24) is 10.2 Å². The molecule has 1 unspecified atom stereocenters. The molecule has 1 aliphatic carbocycles. The standard InChI is InChI=1S/C10H8N2O2.C9H10O4/c13-10(14)8-3-1-7(2-4-8)9-5-6-11-12-9;1-9(8(12)13)4-2-3-6(5-9)7(10)11/h1-6H,(H,11,12)(H,13,14);2-4H,5H2,1H3,(H,10,11)(H,12,13). The maximum Gasteiger partial charge on any atom is 0.335 e. The first kappa shape index (κ1) is 19.6. The molecule has 8 heteroatoms. The van der Waals surface area contributed by atoms with Gasteiger partial charge < -0.3 is 15.3 Å². The Morgan fingerprint density at radius 3 is 2.19 bits per heavy atom. The molecule has 1 aromatic heterocycles. The molecule has 8 nitrogen and oxygen atoms in total. The highest BCUT2D eigenvalue weighted by atomic mass is 16.4. The minimum atomic E-state index is -1.08. The number of benzene rings is 1. The van der Waals surface area contributed by atoms with Crippen LogP contribution in [0.1, 0.15) is 23.7 Å². The zero-order chi connectivity index (χ0) is 20.0. The normalized spacial score (nSPS) is 18.0. The lowest BCUT2D eigenvalue weighted by atomic mass is 9.80. The third-order valence-electron chi connectivity index (χ3n) is 4.01. The van der Waals surface area contributed by atoms with Gasteiger partial charge in [0.25, 0.3) is 0 Å². The molecule has 4 N–H and O–H groups in total. The molecule has 0 radical (unpaired) electrons. The molecular formula is C19H18N2O6. The summed E-state index contributed by atoms with van der Waals surface area (Å²) in [6, 6.07) is 8.42. The molecule has 2 aromatic rings. The van der Waals surface area contributed by atoms with Crippen LogP contribution >= 0.6 is 0 Å². The first-order valence-electron chi connectivity index (χ1n) is 7.91. The van der Waals surface area contributed by atoms with E-state index in [4.69, 9.17) is 15.3 Å². The molecule has 0 spiro atoms. The second-order valence-corrected chi connectivity index (χ2v) is 6.10. The van der Waals surface area contributed by atoms with E-state index in [-0.39, 0.29) is 17.6 Å². The first-order chi connectivity index (χ1) is 12.7. The van der Waals surface area contributed by atoms with Gasteiger partial charge in [-0.2, -0.15) is 5.10 Å². The van der Waals surface area contributed by atoms with Gasteiger partial charge in [0.2, 0.25) is 0 Å². The molecule has 3 rings (SSSR count). The fourth-order valence-corrected chi connectivity index (χ4v) is 2.39. The Hall–Kier alpha value is -3.68. The van der Waals surface area contributed by atoms with Crippen LogP contribution in [-0.2, 0) is 9.59 Å². The second-order valence-electron chi connectivity index (χ2n) is 6.10. The highest BCUT2D eigenvalue weighted by Crippen LogP contribution is 2.31. The van der Waals surface area contributed by atoms with E-state index in [1.165, 1.54) is 25.2 Å². The van der Waals surface area contributed by atoms with Crippen molar-refractivity contribution < 1.29 is 29.7 Å². The Kier molecular flexibility index (Phi) is 5.92. The number of carboxylic acids is 3. The largest absolute Gasteiger partial charge is 0.481 e. The fraction of sp³-hybridized carbons (Fsp3) is 0.158. The minimum Gasteiger partial charge on any atom is -0.481 e. The molecule has 0 saturated heterocycles. The van der Waals surface area contributed by atoms with Gasteiger partial charge in [-0.1, -0.05) is 30.4 Å². The van der Waals surface area contributed by atoms with Crippen LogP contribution in [0, 0.1) is 5.41 Å². The number of aromatic carboxylic acids is 1. The predicted molar refractivity (Wildman–Crippen MR) is 96.2 cm³/mol. The molecule has 27 heavy (non-hydrogen) atoms. The summed E-state index contributed by atoms with van der Waals surface area (Å²) in [5, 5.41) is 32.9. The van der Waals surface area contributed by atoms with E-state index in [1.54, 1.807) is 30.5 Å². The van der Waals surface area contributed by atoms with Gasteiger partial charge in [0.05, 0.1) is 16.7 Å². The number of rotatable bonds is 4. The Morgan fingerprint density at radius 1 is 1.04 bits per heavy atom. The first-order valence-corrected chi connectivity index (χ1v) is 7.91. The van der Waals surface area contributed by atoms with Gasteiger partial charge in [0.1, 0.15) is 0 Å². The maximum absolute atomic E-state index is 10.8. The van der Waals surface area contributed by atoms with Gasteiger partial charge >= 0.3 is 17.9 Å². The summed E-state index contributed by atoms with van der Waals surface area (Å²) in [7, 11) is 0. The topological polar surface area (TPSA) is 141 Å². The van der Waals surface area contributed by atoms with Crippen molar-refractivity contribution in [1.29, 1.82) is 0 Å². The van der Waals surface area contributed by atoms with Crippen molar-refractivity contribution >= 4 is 17.9 Å². The van der Waals surface area contributed by atoms with Gasteiger partial charge in [-0.15, -0.1) is 0 Å². The number of nitrogens with one attached hydrogen (secondary N) is 1. The lowest BCUT2D eigenvalue weighted by Gasteiger charge is -2.23. The quantitative estimate of drug-likeness (QED) is 0.648.